The largest absolute Gasteiger partial charge is 0.457 e. The molecule has 2 unspecified atom stereocenters. The Morgan fingerprint density at radius 1 is 0.957 bits per heavy atom. The number of benzene rings is 2. The lowest BCUT2D eigenvalue weighted by atomic mass is 9.60. The van der Waals surface area contributed by atoms with Gasteiger partial charge in [0.05, 0.1) is 21.6 Å². The summed E-state index contributed by atoms with van der Waals surface area (Å²) < 4.78 is 12.1. The van der Waals surface area contributed by atoms with Crippen molar-refractivity contribution in [2.24, 2.45) is 23.2 Å². The lowest BCUT2D eigenvalue weighted by molar-refractivity contribution is -0.00361. The van der Waals surface area contributed by atoms with E-state index >= 15 is 0 Å². The van der Waals surface area contributed by atoms with E-state index in [0.29, 0.717) is 47.1 Å². The number of carbonyl (C=O) groups excluding carboxylic acids is 2. The zero-order valence-corrected chi connectivity index (χ0v) is 29.5. The molecular formula is C40H51BrO5. The van der Waals surface area contributed by atoms with Gasteiger partial charge in [0.2, 0.25) is 0 Å². The first-order valence-electron chi connectivity index (χ1n) is 17.2. The van der Waals surface area contributed by atoms with Gasteiger partial charge in [0.15, 0.2) is 0 Å². The van der Waals surface area contributed by atoms with E-state index in [9.17, 15) is 14.7 Å². The van der Waals surface area contributed by atoms with Crippen LogP contribution in [0.15, 0.2) is 84.0 Å². The molecule has 2 aromatic carbocycles. The minimum absolute atomic E-state index is 0.297. The smallest absolute Gasteiger partial charge is 0.338 e. The second kappa shape index (κ2) is 15.0. The van der Waals surface area contributed by atoms with Crippen molar-refractivity contribution in [1.82, 2.24) is 0 Å². The average molecular weight is 692 g/mol. The third-order valence-corrected chi connectivity index (χ3v) is 12.1. The minimum Gasteiger partial charge on any atom is -0.457 e. The number of hydrogen-bond donors (Lipinski definition) is 1. The lowest BCUT2D eigenvalue weighted by Gasteiger charge is -2.44. The Labute approximate surface area is 284 Å². The van der Waals surface area contributed by atoms with Gasteiger partial charge in [-0.2, -0.15) is 0 Å². The van der Waals surface area contributed by atoms with Crippen molar-refractivity contribution in [2.75, 3.05) is 0 Å². The first kappa shape index (κ1) is 34.6. The number of carbonyl (C=O) groups is 2. The maximum absolute atomic E-state index is 13.1. The number of rotatable bonds is 10. The topological polar surface area (TPSA) is 72.8 Å². The van der Waals surface area contributed by atoms with E-state index < -0.39 is 17.8 Å². The van der Waals surface area contributed by atoms with Gasteiger partial charge in [-0.1, -0.05) is 102 Å². The fraction of sp³-hybridized carbons (Fsp3) is 0.550. The summed E-state index contributed by atoms with van der Waals surface area (Å²) in [5.41, 5.74) is 3.37. The second-order valence-corrected chi connectivity index (χ2v) is 15.9. The van der Waals surface area contributed by atoms with Crippen molar-refractivity contribution in [2.45, 2.75) is 115 Å². The molecule has 46 heavy (non-hydrogen) atoms. The van der Waals surface area contributed by atoms with Gasteiger partial charge in [0.1, 0.15) is 12.2 Å². The van der Waals surface area contributed by atoms with Crippen LogP contribution < -0.4 is 0 Å². The summed E-state index contributed by atoms with van der Waals surface area (Å²) in [5, 5.41) is 10.2. The quantitative estimate of drug-likeness (QED) is 0.199. The standard InChI is InChI=1S/C40H51BrO5/c1-27(13-11-23-39(2,3)44)32-21-22-33-29(18-12-24-40(32,33)4)20-19-28-25-34(45-37(42)30-14-7-5-8-15-30)36(41)35(26-28)46-38(43)31-16-9-6-10-17-31/h5-10,14-17,19-20,27,32-36,44H,11-13,18,21-26H2,1-4H3/t27-,32-,33+,34?,35?,36?,40-/m1/s1. The molecule has 5 rings (SSSR count). The van der Waals surface area contributed by atoms with Gasteiger partial charge in [-0.25, -0.2) is 9.59 Å². The molecule has 2 aromatic rings. The highest BCUT2D eigenvalue weighted by Gasteiger charge is 2.50. The zero-order valence-electron chi connectivity index (χ0n) is 27.9. The van der Waals surface area contributed by atoms with Crippen molar-refractivity contribution in [3.05, 3.63) is 95.1 Å². The van der Waals surface area contributed by atoms with Gasteiger partial charge in [-0.05, 0) is 99.8 Å². The Balaban J connectivity index is 1.33. The van der Waals surface area contributed by atoms with Crippen molar-refractivity contribution in [3.63, 3.8) is 0 Å². The van der Waals surface area contributed by atoms with E-state index in [1.54, 1.807) is 24.3 Å². The molecule has 3 fully saturated rings. The lowest BCUT2D eigenvalue weighted by Crippen LogP contribution is -2.43. The predicted molar refractivity (Wildman–Crippen MR) is 187 cm³/mol. The van der Waals surface area contributed by atoms with Crippen LogP contribution in [0.3, 0.4) is 0 Å². The Morgan fingerprint density at radius 2 is 1.52 bits per heavy atom. The number of aliphatic hydroxyl groups is 1. The van der Waals surface area contributed by atoms with Crippen LogP contribution in [-0.4, -0.2) is 39.7 Å². The van der Waals surface area contributed by atoms with Crippen LogP contribution >= 0.6 is 15.9 Å². The van der Waals surface area contributed by atoms with Gasteiger partial charge in [0.25, 0.3) is 0 Å². The Bertz CT molecular complexity index is 1330. The van der Waals surface area contributed by atoms with E-state index in [0.717, 1.165) is 24.8 Å². The summed E-state index contributed by atoms with van der Waals surface area (Å²) in [5.74, 6) is 1.16. The van der Waals surface area contributed by atoms with Crippen molar-refractivity contribution in [3.8, 4) is 0 Å². The molecule has 248 valence electrons. The fourth-order valence-corrected chi connectivity index (χ4v) is 9.06. The van der Waals surface area contributed by atoms with Gasteiger partial charge < -0.3 is 14.6 Å². The third kappa shape index (κ3) is 8.41. The number of esters is 2. The fourth-order valence-electron chi connectivity index (χ4n) is 8.47. The van der Waals surface area contributed by atoms with Crippen LogP contribution in [0.5, 0.6) is 0 Å². The first-order valence-corrected chi connectivity index (χ1v) is 18.1. The number of halogens is 1. The normalized spacial score (nSPS) is 29.6. The van der Waals surface area contributed by atoms with Crippen molar-refractivity contribution < 1.29 is 24.2 Å². The molecule has 0 bridgehead atoms. The number of ether oxygens (including phenoxy) is 2. The van der Waals surface area contributed by atoms with Crippen molar-refractivity contribution in [1.29, 1.82) is 0 Å². The summed E-state index contributed by atoms with van der Waals surface area (Å²) in [4.78, 5) is 25.8. The van der Waals surface area contributed by atoms with E-state index in [4.69, 9.17) is 9.47 Å². The predicted octanol–water partition coefficient (Wildman–Crippen LogP) is 9.64. The Morgan fingerprint density at radius 3 is 2.07 bits per heavy atom. The van der Waals surface area contributed by atoms with E-state index in [1.165, 1.54) is 37.7 Å². The molecule has 0 heterocycles. The number of hydrogen-bond acceptors (Lipinski definition) is 5. The van der Waals surface area contributed by atoms with Crippen LogP contribution in [0.25, 0.3) is 0 Å². The van der Waals surface area contributed by atoms with Gasteiger partial charge >= 0.3 is 11.9 Å². The van der Waals surface area contributed by atoms with Crippen LogP contribution in [-0.2, 0) is 9.47 Å². The van der Waals surface area contributed by atoms with E-state index in [-0.39, 0.29) is 16.8 Å². The summed E-state index contributed by atoms with van der Waals surface area (Å²) in [6.07, 6.45) is 14.0. The Kier molecular flexibility index (Phi) is 11.3. The highest BCUT2D eigenvalue weighted by molar-refractivity contribution is 9.09. The maximum Gasteiger partial charge on any atom is 0.338 e. The van der Waals surface area contributed by atoms with Crippen LogP contribution in [0.4, 0.5) is 0 Å². The molecule has 3 aliphatic rings. The molecule has 5 nitrogen and oxygen atoms in total. The Hall–Kier alpha value is -2.70. The van der Waals surface area contributed by atoms with E-state index in [1.807, 2.05) is 50.2 Å². The first-order chi connectivity index (χ1) is 21.9. The van der Waals surface area contributed by atoms with Gasteiger partial charge in [-0.15, -0.1) is 0 Å². The molecule has 0 aliphatic heterocycles. The molecule has 0 radical (unpaired) electrons. The average Bonchev–Trinajstić information content (AvgIpc) is 3.39. The summed E-state index contributed by atoms with van der Waals surface area (Å²) in [7, 11) is 0. The highest BCUT2D eigenvalue weighted by Crippen LogP contribution is 2.60. The molecule has 0 aromatic heterocycles. The number of fused-ring (bicyclic) bond motifs is 1. The molecule has 3 saturated carbocycles. The summed E-state index contributed by atoms with van der Waals surface area (Å²) in [6.45, 7) is 8.77. The van der Waals surface area contributed by atoms with E-state index in [2.05, 4.69) is 41.9 Å². The molecule has 6 heteroatoms. The summed E-state index contributed by atoms with van der Waals surface area (Å²) >= 11 is 3.76. The van der Waals surface area contributed by atoms with Gasteiger partial charge in [-0.3, -0.25) is 0 Å². The SMILES string of the molecule is C[C@H](CCCC(C)(C)O)[C@H]1CC[C@H]2C(=CC=C3CC(OC(=O)c4ccccc4)C(Br)C(OC(=O)c4ccccc4)C3)CCC[C@]12C. The minimum atomic E-state index is -0.595. The molecule has 3 aliphatic carbocycles. The van der Waals surface area contributed by atoms with Crippen LogP contribution in [0.2, 0.25) is 0 Å². The van der Waals surface area contributed by atoms with Crippen LogP contribution in [0, 0.1) is 23.2 Å². The molecule has 1 N–H and O–H groups in total. The second-order valence-electron chi connectivity index (χ2n) is 14.8. The molecular weight excluding hydrogens is 640 g/mol. The molecule has 0 saturated heterocycles. The zero-order chi connectivity index (χ0) is 32.9. The molecule has 0 amide bonds. The van der Waals surface area contributed by atoms with Crippen LogP contribution in [0.1, 0.15) is 113 Å². The summed E-state index contributed by atoms with van der Waals surface area (Å²) in [6, 6.07) is 18.1. The monoisotopic (exact) mass is 690 g/mol. The van der Waals surface area contributed by atoms with Crippen molar-refractivity contribution >= 4 is 27.9 Å². The maximum atomic E-state index is 13.1. The highest BCUT2D eigenvalue weighted by atomic mass is 79.9. The number of alkyl halides is 1. The van der Waals surface area contributed by atoms with Gasteiger partial charge in [0, 0.05) is 12.8 Å². The molecule has 0 spiro atoms. The molecule has 6 atom stereocenters. The third-order valence-electron chi connectivity index (χ3n) is 10.9. The number of allylic oxidation sites excluding steroid dienone is 3.